The van der Waals surface area contributed by atoms with Gasteiger partial charge in [-0.1, -0.05) is 0 Å². The van der Waals surface area contributed by atoms with E-state index in [0.717, 1.165) is 6.40 Å². The van der Waals surface area contributed by atoms with Crippen LogP contribution in [0.3, 0.4) is 0 Å². The zero-order valence-corrected chi connectivity index (χ0v) is 4.07. The van der Waals surface area contributed by atoms with Crippen LogP contribution in [0.4, 0.5) is 0 Å². The zero-order valence-electron chi connectivity index (χ0n) is 4.07. The average Bonchev–Trinajstić information content (AvgIpc) is 2.14. The van der Waals surface area contributed by atoms with Crippen molar-refractivity contribution in [2.24, 2.45) is 4.99 Å². The van der Waals surface area contributed by atoms with Gasteiger partial charge >= 0.3 is 0 Å². The summed E-state index contributed by atoms with van der Waals surface area (Å²) in [5.74, 6) is -0.410. The molecule has 0 spiro atoms. The first kappa shape index (κ1) is 5.24. The van der Waals surface area contributed by atoms with Gasteiger partial charge in [0.05, 0.1) is 6.61 Å². The van der Waals surface area contributed by atoms with Crippen LogP contribution in [0.1, 0.15) is 0 Å². The lowest BCUT2D eigenvalue weighted by atomic mass is 10.4. The van der Waals surface area contributed by atoms with Crippen molar-refractivity contribution in [2.75, 3.05) is 6.61 Å². The van der Waals surface area contributed by atoms with Crippen LogP contribution in [0, 0.1) is 0 Å². The summed E-state index contributed by atoms with van der Waals surface area (Å²) in [5.41, 5.74) is 0. The van der Waals surface area contributed by atoms with Gasteiger partial charge in [0.25, 0.3) is 5.91 Å². The molecule has 0 bridgehead atoms. The predicted molar refractivity (Wildman–Crippen MR) is 25.5 cm³/mol. The van der Waals surface area contributed by atoms with Gasteiger partial charge in [0.2, 0.25) is 6.10 Å². The van der Waals surface area contributed by atoms with Gasteiger partial charge in [0.15, 0.2) is 6.40 Å². The molecule has 1 N–H and O–H groups in total. The standard InChI is InChI=1S/C4H5NO3/c6-1-3-4(7)5-2-8-3/h2-3,6H,1H2. The van der Waals surface area contributed by atoms with E-state index in [1.54, 1.807) is 0 Å². The van der Waals surface area contributed by atoms with Crippen molar-refractivity contribution in [1.82, 2.24) is 0 Å². The first-order chi connectivity index (χ1) is 3.84. The molecule has 0 aromatic heterocycles. The lowest BCUT2D eigenvalue weighted by Gasteiger charge is -1.98. The molecular formula is C4H5NO3. The first-order valence-corrected chi connectivity index (χ1v) is 2.17. The molecule has 1 atom stereocenters. The maximum Gasteiger partial charge on any atom is 0.291 e. The summed E-state index contributed by atoms with van der Waals surface area (Å²) in [6.07, 6.45) is 0.304. The van der Waals surface area contributed by atoms with E-state index in [1.807, 2.05) is 0 Å². The Morgan fingerprint density at radius 2 is 2.75 bits per heavy atom. The molecule has 0 saturated heterocycles. The Morgan fingerprint density at radius 3 is 3.00 bits per heavy atom. The molecule has 0 radical (unpaired) electrons. The fraction of sp³-hybridized carbons (Fsp3) is 0.500. The van der Waals surface area contributed by atoms with Gasteiger partial charge in [-0.2, -0.15) is 4.99 Å². The van der Waals surface area contributed by atoms with Crippen LogP contribution in [0.5, 0.6) is 0 Å². The minimum absolute atomic E-state index is 0.293. The van der Waals surface area contributed by atoms with E-state index >= 15 is 0 Å². The molecule has 8 heavy (non-hydrogen) atoms. The van der Waals surface area contributed by atoms with E-state index in [9.17, 15) is 4.79 Å². The van der Waals surface area contributed by atoms with E-state index in [-0.39, 0.29) is 6.61 Å². The number of ether oxygens (including phenoxy) is 1. The molecule has 1 aliphatic heterocycles. The van der Waals surface area contributed by atoms with E-state index in [2.05, 4.69) is 9.73 Å². The number of carbonyl (C=O) groups excluding carboxylic acids is 1. The second-order valence-electron chi connectivity index (χ2n) is 1.38. The smallest absolute Gasteiger partial charge is 0.291 e. The number of nitrogens with zero attached hydrogens (tertiary/aromatic N) is 1. The maximum absolute atomic E-state index is 10.3. The largest absolute Gasteiger partial charge is 0.467 e. The summed E-state index contributed by atoms with van der Waals surface area (Å²) >= 11 is 0. The monoisotopic (exact) mass is 115 g/mol. The Bertz CT molecular complexity index is 131. The first-order valence-electron chi connectivity index (χ1n) is 2.17. The average molecular weight is 115 g/mol. The van der Waals surface area contributed by atoms with Crippen LogP contribution in [-0.2, 0) is 9.53 Å². The van der Waals surface area contributed by atoms with Gasteiger partial charge in [-0.15, -0.1) is 0 Å². The summed E-state index contributed by atoms with van der Waals surface area (Å²) in [6.45, 7) is -0.293. The van der Waals surface area contributed by atoms with Crippen molar-refractivity contribution in [3.05, 3.63) is 0 Å². The molecule has 4 nitrogen and oxygen atoms in total. The van der Waals surface area contributed by atoms with Gasteiger partial charge in [-0.3, -0.25) is 4.79 Å². The van der Waals surface area contributed by atoms with Gasteiger partial charge in [-0.05, 0) is 0 Å². The lowest BCUT2D eigenvalue weighted by Crippen LogP contribution is -2.20. The van der Waals surface area contributed by atoms with E-state index in [4.69, 9.17) is 5.11 Å². The molecule has 0 aliphatic carbocycles. The zero-order chi connectivity index (χ0) is 5.98. The number of aliphatic hydroxyl groups excluding tert-OH is 1. The summed E-state index contributed by atoms with van der Waals surface area (Å²) in [4.78, 5) is 13.6. The summed E-state index contributed by atoms with van der Waals surface area (Å²) < 4.78 is 4.52. The molecule has 44 valence electrons. The van der Waals surface area contributed by atoms with Crippen molar-refractivity contribution >= 4 is 12.3 Å². The molecule has 4 heteroatoms. The highest BCUT2D eigenvalue weighted by Gasteiger charge is 2.20. The molecular weight excluding hydrogens is 110 g/mol. The SMILES string of the molecule is O=C1N=COC1CO. The van der Waals surface area contributed by atoms with Crippen molar-refractivity contribution < 1.29 is 14.6 Å². The predicted octanol–water partition coefficient (Wildman–Crippen LogP) is -1.07. The van der Waals surface area contributed by atoms with E-state index < -0.39 is 12.0 Å². The molecule has 0 aromatic rings. The Morgan fingerprint density at radius 1 is 2.00 bits per heavy atom. The highest BCUT2D eigenvalue weighted by Crippen LogP contribution is 1.98. The second-order valence-corrected chi connectivity index (χ2v) is 1.38. The number of amides is 1. The molecule has 1 amide bonds. The highest BCUT2D eigenvalue weighted by atomic mass is 16.5. The fourth-order valence-electron chi connectivity index (χ4n) is 0.418. The van der Waals surface area contributed by atoms with E-state index in [1.165, 1.54) is 0 Å². The number of rotatable bonds is 1. The van der Waals surface area contributed by atoms with Gasteiger partial charge in [-0.25, -0.2) is 0 Å². The molecule has 1 heterocycles. The molecule has 1 rings (SSSR count). The molecule has 1 unspecified atom stereocenters. The Kier molecular flexibility index (Phi) is 1.26. The van der Waals surface area contributed by atoms with Gasteiger partial charge in [0.1, 0.15) is 0 Å². The summed E-state index contributed by atoms with van der Waals surface area (Å²) in [5, 5.41) is 8.31. The van der Waals surface area contributed by atoms with Crippen molar-refractivity contribution in [1.29, 1.82) is 0 Å². The van der Waals surface area contributed by atoms with Crippen molar-refractivity contribution in [3.63, 3.8) is 0 Å². The Balaban J connectivity index is 2.51. The topological polar surface area (TPSA) is 58.9 Å². The van der Waals surface area contributed by atoms with Crippen LogP contribution in [0.2, 0.25) is 0 Å². The van der Waals surface area contributed by atoms with Gasteiger partial charge < -0.3 is 9.84 Å². The minimum atomic E-state index is -0.741. The number of carbonyl (C=O) groups is 1. The molecule has 1 aliphatic rings. The molecule has 0 fully saturated rings. The third kappa shape index (κ3) is 0.696. The minimum Gasteiger partial charge on any atom is -0.467 e. The Hall–Kier alpha value is -0.900. The fourth-order valence-corrected chi connectivity index (χ4v) is 0.418. The number of aliphatic hydroxyl groups is 1. The van der Waals surface area contributed by atoms with Gasteiger partial charge in [0, 0.05) is 0 Å². The Labute approximate surface area is 45.8 Å². The summed E-state index contributed by atoms with van der Waals surface area (Å²) in [6, 6.07) is 0. The van der Waals surface area contributed by atoms with Crippen LogP contribution >= 0.6 is 0 Å². The lowest BCUT2D eigenvalue weighted by molar-refractivity contribution is -0.124. The van der Waals surface area contributed by atoms with Crippen LogP contribution < -0.4 is 0 Å². The number of aliphatic imine (C=N–C) groups is 1. The quantitative estimate of drug-likeness (QED) is 0.473. The third-order valence-corrected chi connectivity index (χ3v) is 0.846. The van der Waals surface area contributed by atoms with Crippen LogP contribution in [-0.4, -0.2) is 30.1 Å². The van der Waals surface area contributed by atoms with E-state index in [0.29, 0.717) is 0 Å². The second kappa shape index (κ2) is 1.92. The summed E-state index contributed by atoms with van der Waals surface area (Å²) in [7, 11) is 0. The number of hydrogen-bond donors (Lipinski definition) is 1. The van der Waals surface area contributed by atoms with Crippen molar-refractivity contribution in [3.8, 4) is 0 Å². The van der Waals surface area contributed by atoms with Crippen LogP contribution in [0.25, 0.3) is 0 Å². The molecule has 0 aromatic carbocycles. The highest BCUT2D eigenvalue weighted by molar-refractivity contribution is 5.91. The van der Waals surface area contributed by atoms with Crippen LogP contribution in [0.15, 0.2) is 4.99 Å². The normalized spacial score (nSPS) is 26.1. The third-order valence-electron chi connectivity index (χ3n) is 0.846. The maximum atomic E-state index is 10.3. The molecule has 0 saturated carbocycles. The van der Waals surface area contributed by atoms with Crippen molar-refractivity contribution in [2.45, 2.75) is 6.10 Å². The number of hydrogen-bond acceptors (Lipinski definition) is 3.